The number of aromatic nitrogens is 1. The second kappa shape index (κ2) is 7.36. The van der Waals surface area contributed by atoms with Crippen LogP contribution in [0.3, 0.4) is 0 Å². The van der Waals surface area contributed by atoms with Crippen LogP contribution < -0.4 is 0 Å². The highest BCUT2D eigenvalue weighted by molar-refractivity contribution is 6.03. The summed E-state index contributed by atoms with van der Waals surface area (Å²) < 4.78 is 4.99. The van der Waals surface area contributed by atoms with Gasteiger partial charge in [0, 0.05) is 31.5 Å². The lowest BCUT2D eigenvalue weighted by molar-refractivity contribution is 0.0933. The molecule has 0 saturated carbocycles. The number of ketones is 2. The Morgan fingerprint density at radius 1 is 1.30 bits per heavy atom. The van der Waals surface area contributed by atoms with Crippen molar-refractivity contribution in [1.29, 1.82) is 0 Å². The van der Waals surface area contributed by atoms with Crippen LogP contribution in [0.25, 0.3) is 0 Å². The number of nitrogens with one attached hydrogen (secondary N) is 1. The summed E-state index contributed by atoms with van der Waals surface area (Å²) in [7, 11) is 3.57. The Kier molecular flexibility index (Phi) is 6.10. The van der Waals surface area contributed by atoms with Gasteiger partial charge in [0.25, 0.3) is 0 Å². The van der Waals surface area contributed by atoms with Gasteiger partial charge in [0.15, 0.2) is 11.6 Å². The van der Waals surface area contributed by atoms with E-state index in [9.17, 15) is 9.59 Å². The normalized spacial score (nSPS) is 11.1. The summed E-state index contributed by atoms with van der Waals surface area (Å²) in [5, 5.41) is 0. The van der Waals surface area contributed by atoms with Gasteiger partial charge in [-0.05, 0) is 39.8 Å². The molecule has 0 amide bonds. The lowest BCUT2D eigenvalue weighted by Crippen LogP contribution is -2.28. The van der Waals surface area contributed by atoms with Gasteiger partial charge in [-0.1, -0.05) is 0 Å². The summed E-state index contributed by atoms with van der Waals surface area (Å²) in [5.41, 5.74) is 2.70. The number of nitrogens with zero attached hydrogens (tertiary/aromatic N) is 1. The molecule has 0 bridgehead atoms. The average molecular weight is 280 g/mol. The van der Waals surface area contributed by atoms with E-state index in [2.05, 4.69) is 4.98 Å². The maximum absolute atomic E-state index is 12.3. The van der Waals surface area contributed by atoms with E-state index in [0.717, 1.165) is 24.2 Å². The van der Waals surface area contributed by atoms with Gasteiger partial charge in [-0.15, -0.1) is 0 Å². The Labute approximate surface area is 120 Å². The molecule has 5 nitrogen and oxygen atoms in total. The molecule has 0 aliphatic heterocycles. The van der Waals surface area contributed by atoms with E-state index in [-0.39, 0.29) is 11.6 Å². The van der Waals surface area contributed by atoms with Crippen molar-refractivity contribution >= 4 is 11.6 Å². The number of aryl methyl sites for hydroxylation is 1. The van der Waals surface area contributed by atoms with Crippen molar-refractivity contribution in [1.82, 2.24) is 9.88 Å². The Hall–Kier alpha value is -1.46. The maximum Gasteiger partial charge on any atom is 0.193 e. The highest BCUT2D eigenvalue weighted by atomic mass is 16.5. The summed E-state index contributed by atoms with van der Waals surface area (Å²) in [4.78, 5) is 28.9. The first kappa shape index (κ1) is 16.6. The van der Waals surface area contributed by atoms with Crippen molar-refractivity contribution < 1.29 is 14.3 Å². The van der Waals surface area contributed by atoms with Gasteiger partial charge < -0.3 is 9.72 Å². The zero-order chi connectivity index (χ0) is 15.3. The molecule has 0 saturated heterocycles. The summed E-state index contributed by atoms with van der Waals surface area (Å²) in [6, 6.07) is 0. The van der Waals surface area contributed by atoms with Gasteiger partial charge in [-0.3, -0.25) is 14.5 Å². The van der Waals surface area contributed by atoms with Gasteiger partial charge in [0.05, 0.1) is 12.2 Å². The monoisotopic (exact) mass is 280 g/mol. The summed E-state index contributed by atoms with van der Waals surface area (Å²) >= 11 is 0. The molecule has 1 aromatic heterocycles. The second-order valence-electron chi connectivity index (χ2n) is 5.19. The minimum Gasteiger partial charge on any atom is -0.385 e. The van der Waals surface area contributed by atoms with Crippen molar-refractivity contribution in [3.63, 3.8) is 0 Å². The van der Waals surface area contributed by atoms with Crippen LogP contribution >= 0.6 is 0 Å². The first-order chi connectivity index (χ1) is 9.38. The molecule has 0 radical (unpaired) electrons. The highest BCUT2D eigenvalue weighted by Crippen LogP contribution is 2.19. The zero-order valence-electron chi connectivity index (χ0n) is 13.0. The molecular weight excluding hydrogens is 256 g/mol. The fraction of sp³-hybridized carbons (Fsp3) is 0.600. The smallest absolute Gasteiger partial charge is 0.193 e. The topological polar surface area (TPSA) is 62.4 Å². The zero-order valence-corrected chi connectivity index (χ0v) is 13.0. The molecule has 1 aromatic rings. The third-order valence-corrected chi connectivity index (χ3v) is 3.37. The molecule has 0 spiro atoms. The average Bonchev–Trinajstić information content (AvgIpc) is 2.65. The number of carbonyl (C=O) groups excluding carboxylic acids is 2. The van der Waals surface area contributed by atoms with E-state index >= 15 is 0 Å². The number of hydrogen-bond donors (Lipinski definition) is 1. The van der Waals surface area contributed by atoms with Crippen molar-refractivity contribution in [2.75, 3.05) is 33.9 Å². The molecule has 1 rings (SSSR count). The molecule has 112 valence electrons. The molecule has 0 fully saturated rings. The van der Waals surface area contributed by atoms with Crippen LogP contribution in [0.1, 0.15) is 45.4 Å². The van der Waals surface area contributed by atoms with Crippen LogP contribution in [-0.4, -0.2) is 55.3 Å². The van der Waals surface area contributed by atoms with Crippen LogP contribution in [0.2, 0.25) is 0 Å². The van der Waals surface area contributed by atoms with Crippen LogP contribution in [0.5, 0.6) is 0 Å². The van der Waals surface area contributed by atoms with Gasteiger partial charge in [0.1, 0.15) is 0 Å². The number of Topliss-reactive ketones (excluding diaryl/α,β-unsaturated/α-hetero) is 2. The third kappa shape index (κ3) is 4.02. The standard InChI is InChI=1S/C15H24N2O3/c1-10-14(12(3)18)11(2)16-15(10)13(19)9-17(4)7-6-8-20-5/h16H,6-9H2,1-5H3. The number of ether oxygens (including phenoxy) is 1. The minimum absolute atomic E-state index is 0.0104. The van der Waals surface area contributed by atoms with E-state index in [4.69, 9.17) is 4.74 Å². The summed E-state index contributed by atoms with van der Waals surface area (Å²) in [6.45, 7) is 6.99. The molecule has 5 heteroatoms. The number of methoxy groups -OCH3 is 1. The fourth-order valence-corrected chi connectivity index (χ4v) is 2.44. The van der Waals surface area contributed by atoms with Crippen LogP contribution in [-0.2, 0) is 4.74 Å². The number of likely N-dealkylation sites (N-methyl/N-ethyl adjacent to an activating group) is 1. The number of rotatable bonds is 8. The van der Waals surface area contributed by atoms with Gasteiger partial charge in [-0.25, -0.2) is 0 Å². The molecule has 1 heterocycles. The predicted molar refractivity (Wildman–Crippen MR) is 78.6 cm³/mol. The van der Waals surface area contributed by atoms with E-state index < -0.39 is 0 Å². The lowest BCUT2D eigenvalue weighted by Gasteiger charge is -2.15. The Balaban J connectivity index is 2.73. The Morgan fingerprint density at radius 3 is 2.45 bits per heavy atom. The molecule has 0 unspecified atom stereocenters. The van der Waals surface area contributed by atoms with Crippen molar-refractivity contribution in [2.45, 2.75) is 27.2 Å². The van der Waals surface area contributed by atoms with Crippen LogP contribution in [0.15, 0.2) is 0 Å². The van der Waals surface area contributed by atoms with Crippen molar-refractivity contribution in [3.05, 3.63) is 22.5 Å². The Bertz CT molecular complexity index is 492. The maximum atomic E-state index is 12.3. The second-order valence-corrected chi connectivity index (χ2v) is 5.19. The SMILES string of the molecule is COCCCN(C)CC(=O)c1[nH]c(C)c(C(C)=O)c1C. The van der Waals surface area contributed by atoms with Gasteiger partial charge in [-0.2, -0.15) is 0 Å². The number of carbonyl (C=O) groups is 2. The molecule has 20 heavy (non-hydrogen) atoms. The van der Waals surface area contributed by atoms with E-state index in [1.807, 2.05) is 25.8 Å². The van der Waals surface area contributed by atoms with Crippen LogP contribution in [0.4, 0.5) is 0 Å². The number of aromatic amines is 1. The fourth-order valence-electron chi connectivity index (χ4n) is 2.44. The van der Waals surface area contributed by atoms with Crippen LogP contribution in [0, 0.1) is 13.8 Å². The highest BCUT2D eigenvalue weighted by Gasteiger charge is 2.20. The molecule has 0 aliphatic carbocycles. The number of hydrogen-bond acceptors (Lipinski definition) is 4. The first-order valence-corrected chi connectivity index (χ1v) is 6.79. The molecule has 1 N–H and O–H groups in total. The third-order valence-electron chi connectivity index (χ3n) is 3.37. The molecule has 0 aliphatic rings. The lowest BCUT2D eigenvalue weighted by atomic mass is 10.1. The Morgan fingerprint density at radius 2 is 1.95 bits per heavy atom. The summed E-state index contributed by atoms with van der Waals surface area (Å²) in [6.07, 6.45) is 0.891. The number of H-pyrrole nitrogens is 1. The first-order valence-electron chi connectivity index (χ1n) is 6.79. The van der Waals surface area contributed by atoms with E-state index in [1.54, 1.807) is 7.11 Å². The molecule has 0 aromatic carbocycles. The van der Waals surface area contributed by atoms with Gasteiger partial charge in [0.2, 0.25) is 0 Å². The van der Waals surface area contributed by atoms with Crippen molar-refractivity contribution in [2.24, 2.45) is 0 Å². The van der Waals surface area contributed by atoms with Crippen molar-refractivity contribution in [3.8, 4) is 0 Å². The predicted octanol–water partition coefficient (Wildman–Crippen LogP) is 1.99. The van der Waals surface area contributed by atoms with E-state index in [0.29, 0.717) is 24.4 Å². The minimum atomic E-state index is -0.0104. The largest absolute Gasteiger partial charge is 0.385 e. The summed E-state index contributed by atoms with van der Waals surface area (Å²) in [5.74, 6) is 0.00164. The molecule has 0 atom stereocenters. The quantitative estimate of drug-likeness (QED) is 0.584. The van der Waals surface area contributed by atoms with E-state index in [1.165, 1.54) is 6.92 Å². The molecular formula is C15H24N2O3. The van der Waals surface area contributed by atoms with Gasteiger partial charge >= 0.3 is 0 Å².